The molecule has 0 aliphatic carbocycles. The van der Waals surface area contributed by atoms with Crippen molar-refractivity contribution < 1.29 is 31.2 Å². The molecule has 0 spiro atoms. The number of hydrogen-bond acceptors (Lipinski definition) is 8. The smallest absolute Gasteiger partial charge is 0.354 e. The van der Waals surface area contributed by atoms with Gasteiger partial charge in [0.05, 0.1) is 10.9 Å². The number of sulfone groups is 1. The molecule has 0 fully saturated rings. The predicted molar refractivity (Wildman–Crippen MR) is 111 cm³/mol. The number of nitrogens with one attached hydrogen (secondary N) is 2. The Morgan fingerprint density at radius 3 is 2.41 bits per heavy atom. The SMILES string of the molecule is CNC(=O)c1cc(-n2ncnc2[C@H](C)NC(=O)c2cc(Cl)cc(S(=O)(=O)C(F)(F)F)c2)ncn1. The maximum Gasteiger partial charge on any atom is 0.501 e. The third-order valence-corrected chi connectivity index (χ3v) is 6.07. The Morgan fingerprint density at radius 2 is 1.76 bits per heavy atom. The largest absolute Gasteiger partial charge is 0.501 e. The Labute approximate surface area is 195 Å². The van der Waals surface area contributed by atoms with E-state index in [0.29, 0.717) is 12.1 Å². The molecular weight excluding hydrogens is 503 g/mol. The van der Waals surface area contributed by atoms with E-state index in [9.17, 15) is 31.2 Å². The summed E-state index contributed by atoms with van der Waals surface area (Å²) in [6.45, 7) is 1.50. The first-order valence-corrected chi connectivity index (χ1v) is 11.1. The second-order valence-electron chi connectivity index (χ2n) is 6.69. The standard InChI is InChI=1S/C18H15ClF3N7O4S/c1-9(15-26-8-27-29(15)14-6-13(17(31)23-2)24-7-25-14)28-16(30)10-3-11(19)5-12(4-10)34(32,33)18(20,21)22/h3-9H,1-2H3,(H,23,31)(H,28,30)/t9-/m0/s1. The Balaban J connectivity index is 1.89. The summed E-state index contributed by atoms with van der Waals surface area (Å²) in [6.07, 6.45) is 2.29. The Kier molecular flexibility index (Phi) is 6.88. The fourth-order valence-corrected chi connectivity index (χ4v) is 3.90. The first-order valence-electron chi connectivity index (χ1n) is 9.22. The number of benzene rings is 1. The molecule has 1 atom stereocenters. The van der Waals surface area contributed by atoms with E-state index in [1.165, 1.54) is 24.7 Å². The van der Waals surface area contributed by atoms with Crippen LogP contribution < -0.4 is 10.6 Å². The van der Waals surface area contributed by atoms with Crippen LogP contribution in [-0.2, 0) is 9.84 Å². The molecule has 2 N–H and O–H groups in total. The average molecular weight is 518 g/mol. The Bertz CT molecular complexity index is 1360. The number of nitrogens with zero attached hydrogens (tertiary/aromatic N) is 5. The highest BCUT2D eigenvalue weighted by Gasteiger charge is 2.47. The lowest BCUT2D eigenvalue weighted by molar-refractivity contribution is -0.0436. The third-order valence-electron chi connectivity index (χ3n) is 4.39. The van der Waals surface area contributed by atoms with Gasteiger partial charge in [0.2, 0.25) is 0 Å². The highest BCUT2D eigenvalue weighted by molar-refractivity contribution is 7.92. The van der Waals surface area contributed by atoms with Gasteiger partial charge in [-0.15, -0.1) is 0 Å². The first-order chi connectivity index (χ1) is 15.8. The van der Waals surface area contributed by atoms with Gasteiger partial charge in [-0.1, -0.05) is 11.6 Å². The molecular formula is C18H15ClF3N7O4S. The molecule has 0 saturated heterocycles. The van der Waals surface area contributed by atoms with Crippen LogP contribution in [-0.4, -0.2) is 57.5 Å². The molecule has 1 aromatic carbocycles. The predicted octanol–water partition coefficient (Wildman–Crippen LogP) is 1.85. The summed E-state index contributed by atoms with van der Waals surface area (Å²) in [5.74, 6) is -1.09. The molecule has 3 aromatic rings. The fourth-order valence-electron chi connectivity index (χ4n) is 2.76. The van der Waals surface area contributed by atoms with Gasteiger partial charge in [-0.25, -0.2) is 23.4 Å². The molecule has 0 radical (unpaired) electrons. The van der Waals surface area contributed by atoms with Crippen LogP contribution in [0.5, 0.6) is 0 Å². The van der Waals surface area contributed by atoms with Gasteiger partial charge >= 0.3 is 5.51 Å². The van der Waals surface area contributed by atoms with E-state index in [-0.39, 0.29) is 22.4 Å². The molecule has 0 bridgehead atoms. The Hall–Kier alpha value is -3.59. The van der Waals surface area contributed by atoms with E-state index in [0.717, 1.165) is 18.7 Å². The van der Waals surface area contributed by atoms with Crippen molar-refractivity contribution in [3.63, 3.8) is 0 Å². The number of hydrogen-bond donors (Lipinski definition) is 2. The highest BCUT2D eigenvalue weighted by atomic mass is 35.5. The number of carbonyl (C=O) groups excluding carboxylic acids is 2. The van der Waals surface area contributed by atoms with E-state index >= 15 is 0 Å². The van der Waals surface area contributed by atoms with Crippen molar-refractivity contribution in [2.45, 2.75) is 23.4 Å². The monoisotopic (exact) mass is 517 g/mol. The van der Waals surface area contributed by atoms with Gasteiger partial charge in [-0.05, 0) is 25.1 Å². The van der Waals surface area contributed by atoms with Crippen LogP contribution in [0.2, 0.25) is 5.02 Å². The molecule has 0 saturated carbocycles. The zero-order valence-corrected chi connectivity index (χ0v) is 18.9. The second-order valence-corrected chi connectivity index (χ2v) is 9.07. The summed E-state index contributed by atoms with van der Waals surface area (Å²) >= 11 is 5.76. The zero-order chi connectivity index (χ0) is 25.3. The number of aromatic nitrogens is 5. The van der Waals surface area contributed by atoms with Crippen molar-refractivity contribution in [2.24, 2.45) is 0 Å². The number of carbonyl (C=O) groups is 2. The highest BCUT2D eigenvalue weighted by Crippen LogP contribution is 2.32. The number of halogens is 4. The minimum absolute atomic E-state index is 0.0444. The summed E-state index contributed by atoms with van der Waals surface area (Å²) in [4.78, 5) is 35.2. The van der Waals surface area contributed by atoms with Crippen LogP contribution in [0, 0.1) is 0 Å². The van der Waals surface area contributed by atoms with Crippen LogP contribution in [0.1, 0.15) is 39.6 Å². The molecule has 0 unspecified atom stereocenters. The van der Waals surface area contributed by atoms with Gasteiger partial charge in [0.1, 0.15) is 18.3 Å². The lowest BCUT2D eigenvalue weighted by atomic mass is 10.2. The lowest BCUT2D eigenvalue weighted by Gasteiger charge is -2.15. The maximum atomic E-state index is 12.9. The molecule has 16 heteroatoms. The molecule has 2 aromatic heterocycles. The maximum absolute atomic E-state index is 12.9. The molecule has 0 aliphatic heterocycles. The fraction of sp³-hybridized carbons (Fsp3) is 0.222. The summed E-state index contributed by atoms with van der Waals surface area (Å²) < 4.78 is 63.3. The zero-order valence-electron chi connectivity index (χ0n) is 17.3. The summed E-state index contributed by atoms with van der Waals surface area (Å²) in [7, 11) is -4.30. The molecule has 34 heavy (non-hydrogen) atoms. The molecule has 3 rings (SSSR count). The van der Waals surface area contributed by atoms with Crippen LogP contribution in [0.3, 0.4) is 0 Å². The molecule has 0 aliphatic rings. The van der Waals surface area contributed by atoms with Gasteiger partial charge < -0.3 is 10.6 Å². The molecule has 2 amide bonds. The van der Waals surface area contributed by atoms with E-state index in [1.807, 2.05) is 0 Å². The molecule has 11 nitrogen and oxygen atoms in total. The van der Waals surface area contributed by atoms with Crippen molar-refractivity contribution in [3.05, 3.63) is 59.0 Å². The summed E-state index contributed by atoms with van der Waals surface area (Å²) in [5.41, 5.74) is -5.94. The first kappa shape index (κ1) is 25.0. The second kappa shape index (κ2) is 9.34. The van der Waals surface area contributed by atoms with Crippen molar-refractivity contribution in [1.29, 1.82) is 0 Å². The topological polar surface area (TPSA) is 149 Å². The van der Waals surface area contributed by atoms with Gasteiger partial charge in [-0.3, -0.25) is 9.59 Å². The quantitative estimate of drug-likeness (QED) is 0.503. The van der Waals surface area contributed by atoms with Crippen molar-refractivity contribution in [2.75, 3.05) is 7.05 Å². The average Bonchev–Trinajstić information content (AvgIpc) is 3.27. The van der Waals surface area contributed by atoms with Crippen LogP contribution >= 0.6 is 11.6 Å². The normalized spacial score (nSPS) is 12.8. The van der Waals surface area contributed by atoms with Crippen LogP contribution in [0.25, 0.3) is 5.82 Å². The molecule has 2 heterocycles. The number of rotatable bonds is 6. The summed E-state index contributed by atoms with van der Waals surface area (Å²) in [5, 5.41) is 8.52. The van der Waals surface area contributed by atoms with E-state index in [4.69, 9.17) is 11.6 Å². The van der Waals surface area contributed by atoms with Crippen molar-refractivity contribution in [3.8, 4) is 5.82 Å². The Morgan fingerprint density at radius 1 is 1.06 bits per heavy atom. The summed E-state index contributed by atoms with van der Waals surface area (Å²) in [6, 6.07) is 2.64. The van der Waals surface area contributed by atoms with Crippen LogP contribution in [0.15, 0.2) is 41.8 Å². The van der Waals surface area contributed by atoms with Crippen LogP contribution in [0.4, 0.5) is 13.2 Å². The molecule has 180 valence electrons. The third kappa shape index (κ3) is 4.99. The lowest BCUT2D eigenvalue weighted by Crippen LogP contribution is -2.29. The van der Waals surface area contributed by atoms with E-state index < -0.39 is 43.7 Å². The van der Waals surface area contributed by atoms with Gasteiger partial charge in [-0.2, -0.15) is 23.0 Å². The van der Waals surface area contributed by atoms with E-state index in [1.54, 1.807) is 0 Å². The minimum Gasteiger partial charge on any atom is -0.354 e. The minimum atomic E-state index is -5.72. The number of amides is 2. The van der Waals surface area contributed by atoms with E-state index in [2.05, 4.69) is 30.7 Å². The van der Waals surface area contributed by atoms with Gasteiger partial charge in [0.15, 0.2) is 11.6 Å². The van der Waals surface area contributed by atoms with Crippen molar-refractivity contribution >= 4 is 33.3 Å². The van der Waals surface area contributed by atoms with Crippen molar-refractivity contribution in [1.82, 2.24) is 35.4 Å². The van der Waals surface area contributed by atoms with Gasteiger partial charge in [0, 0.05) is 23.7 Å². The number of alkyl halides is 3. The van der Waals surface area contributed by atoms with Gasteiger partial charge in [0.25, 0.3) is 21.7 Å².